The van der Waals surface area contributed by atoms with E-state index >= 15 is 0 Å². The smallest absolute Gasteiger partial charge is 0.343 e. The zero-order valence-corrected chi connectivity index (χ0v) is 13.4. The van der Waals surface area contributed by atoms with E-state index in [-0.39, 0.29) is 12.4 Å². The molecule has 0 aliphatic heterocycles. The molecule has 4 nitrogen and oxygen atoms in total. The van der Waals surface area contributed by atoms with Crippen molar-refractivity contribution in [2.24, 2.45) is 0 Å². The normalized spacial score (nSPS) is 10.1. The van der Waals surface area contributed by atoms with E-state index in [9.17, 15) is 9.59 Å². The number of rotatable bonds is 6. The van der Waals surface area contributed by atoms with Crippen LogP contribution in [0.25, 0.3) is 0 Å². The first kappa shape index (κ1) is 16.5. The monoisotopic (exact) mass is 332 g/mol. The molecule has 0 amide bonds. The molecular formula is C21H16O4. The van der Waals surface area contributed by atoms with Crippen LogP contribution in [-0.2, 0) is 0 Å². The van der Waals surface area contributed by atoms with Gasteiger partial charge in [0.2, 0.25) is 0 Å². The molecule has 0 radical (unpaired) electrons. The van der Waals surface area contributed by atoms with Gasteiger partial charge >= 0.3 is 5.97 Å². The van der Waals surface area contributed by atoms with Crippen molar-refractivity contribution in [1.29, 1.82) is 0 Å². The van der Waals surface area contributed by atoms with E-state index in [0.717, 1.165) is 0 Å². The van der Waals surface area contributed by atoms with Crippen LogP contribution in [0, 0.1) is 0 Å². The molecule has 0 fully saturated rings. The van der Waals surface area contributed by atoms with Crippen LogP contribution in [0.2, 0.25) is 0 Å². The fraction of sp³-hybridized carbons (Fsp3) is 0.0476. The summed E-state index contributed by atoms with van der Waals surface area (Å²) in [7, 11) is 0. The Bertz CT molecular complexity index is 857. The summed E-state index contributed by atoms with van der Waals surface area (Å²) in [4.78, 5) is 24.1. The molecule has 3 rings (SSSR count). The molecule has 0 unspecified atom stereocenters. The number of Topliss-reactive ketones (excluding diaryl/α,β-unsaturated/α-hetero) is 1. The number of hydrogen-bond acceptors (Lipinski definition) is 4. The Hall–Kier alpha value is -3.40. The number of hydrogen-bond donors (Lipinski definition) is 0. The van der Waals surface area contributed by atoms with E-state index in [4.69, 9.17) is 9.47 Å². The van der Waals surface area contributed by atoms with Crippen molar-refractivity contribution >= 4 is 11.8 Å². The minimum atomic E-state index is -0.446. The lowest BCUT2D eigenvalue weighted by Gasteiger charge is -2.08. The van der Waals surface area contributed by atoms with Crippen LogP contribution in [0.3, 0.4) is 0 Å². The number of ketones is 1. The molecular weight excluding hydrogens is 316 g/mol. The van der Waals surface area contributed by atoms with Crippen molar-refractivity contribution < 1.29 is 19.1 Å². The first-order valence-electron chi connectivity index (χ1n) is 7.81. The fourth-order valence-corrected chi connectivity index (χ4v) is 2.22. The van der Waals surface area contributed by atoms with Crippen LogP contribution in [0.5, 0.6) is 11.5 Å². The molecule has 0 saturated carbocycles. The highest BCUT2D eigenvalue weighted by Gasteiger charge is 2.10. The average Bonchev–Trinajstić information content (AvgIpc) is 2.68. The highest BCUT2D eigenvalue weighted by molar-refractivity contribution is 5.97. The Labute approximate surface area is 145 Å². The molecule has 0 spiro atoms. The topological polar surface area (TPSA) is 52.6 Å². The van der Waals surface area contributed by atoms with Crippen molar-refractivity contribution in [3.8, 4) is 11.5 Å². The molecule has 0 saturated heterocycles. The lowest BCUT2D eigenvalue weighted by molar-refractivity contribution is 0.0733. The number of ether oxygens (including phenoxy) is 2. The lowest BCUT2D eigenvalue weighted by atomic mass is 10.1. The quantitative estimate of drug-likeness (QED) is 0.386. The van der Waals surface area contributed by atoms with Crippen molar-refractivity contribution in [3.63, 3.8) is 0 Å². The molecule has 3 aromatic rings. The number of carbonyl (C=O) groups excluding carboxylic acids is 2. The van der Waals surface area contributed by atoms with Gasteiger partial charge in [-0.15, -0.1) is 0 Å². The highest BCUT2D eigenvalue weighted by Crippen LogP contribution is 2.20. The van der Waals surface area contributed by atoms with Gasteiger partial charge in [-0.05, 0) is 24.3 Å². The van der Waals surface area contributed by atoms with Gasteiger partial charge in [0.15, 0.2) is 12.4 Å². The largest absolute Gasteiger partial charge is 0.485 e. The predicted molar refractivity (Wildman–Crippen MR) is 94.1 cm³/mol. The van der Waals surface area contributed by atoms with Gasteiger partial charge in [-0.3, -0.25) is 4.79 Å². The molecule has 25 heavy (non-hydrogen) atoms. The van der Waals surface area contributed by atoms with Gasteiger partial charge in [0.1, 0.15) is 11.5 Å². The van der Waals surface area contributed by atoms with E-state index < -0.39 is 5.97 Å². The maximum atomic E-state index is 12.1. The number of esters is 1. The standard InChI is InChI=1S/C21H16O4/c22-20(16-8-3-1-4-9-16)15-24-18-12-7-13-19(14-18)25-21(23)17-10-5-2-6-11-17/h1-14H,15H2. The summed E-state index contributed by atoms with van der Waals surface area (Å²) < 4.78 is 10.8. The molecule has 0 heterocycles. The average molecular weight is 332 g/mol. The van der Waals surface area contributed by atoms with Gasteiger partial charge in [0, 0.05) is 11.6 Å². The van der Waals surface area contributed by atoms with Gasteiger partial charge in [-0.25, -0.2) is 4.79 Å². The summed E-state index contributed by atoms with van der Waals surface area (Å²) >= 11 is 0. The van der Waals surface area contributed by atoms with E-state index in [1.807, 2.05) is 12.1 Å². The summed E-state index contributed by atoms with van der Waals surface area (Å²) in [6.07, 6.45) is 0. The molecule has 4 heteroatoms. The van der Waals surface area contributed by atoms with Crippen LogP contribution < -0.4 is 9.47 Å². The van der Waals surface area contributed by atoms with Gasteiger partial charge in [-0.2, -0.15) is 0 Å². The maximum absolute atomic E-state index is 12.1. The third-order valence-corrected chi connectivity index (χ3v) is 3.49. The van der Waals surface area contributed by atoms with Crippen LogP contribution in [0.4, 0.5) is 0 Å². The molecule has 0 bridgehead atoms. The third kappa shape index (κ3) is 4.54. The van der Waals surface area contributed by atoms with Crippen LogP contribution in [0.15, 0.2) is 84.9 Å². The molecule has 0 atom stereocenters. The summed E-state index contributed by atoms with van der Waals surface area (Å²) in [6, 6.07) is 24.3. The molecule has 3 aromatic carbocycles. The third-order valence-electron chi connectivity index (χ3n) is 3.49. The molecule has 0 aromatic heterocycles. The zero-order valence-electron chi connectivity index (χ0n) is 13.4. The Morgan fingerprint density at radius 2 is 1.28 bits per heavy atom. The van der Waals surface area contributed by atoms with E-state index in [2.05, 4.69) is 0 Å². The second-order valence-electron chi connectivity index (χ2n) is 5.31. The Morgan fingerprint density at radius 1 is 0.680 bits per heavy atom. The molecule has 0 aliphatic rings. The summed E-state index contributed by atoms with van der Waals surface area (Å²) in [6.45, 7) is -0.0832. The molecule has 124 valence electrons. The Kier molecular flexibility index (Phi) is 5.22. The van der Waals surface area contributed by atoms with E-state index in [0.29, 0.717) is 22.6 Å². The lowest BCUT2D eigenvalue weighted by Crippen LogP contribution is -2.12. The van der Waals surface area contributed by atoms with Crippen molar-refractivity contribution in [3.05, 3.63) is 96.1 Å². The van der Waals surface area contributed by atoms with E-state index in [1.54, 1.807) is 72.8 Å². The van der Waals surface area contributed by atoms with Gasteiger partial charge < -0.3 is 9.47 Å². The first-order chi connectivity index (χ1) is 12.2. The van der Waals surface area contributed by atoms with Crippen molar-refractivity contribution in [2.75, 3.05) is 6.61 Å². The van der Waals surface area contributed by atoms with Gasteiger partial charge in [0.05, 0.1) is 5.56 Å². The minimum absolute atomic E-state index is 0.0832. The zero-order chi connectivity index (χ0) is 17.5. The fourth-order valence-electron chi connectivity index (χ4n) is 2.22. The van der Waals surface area contributed by atoms with Gasteiger partial charge in [-0.1, -0.05) is 54.6 Å². The second-order valence-corrected chi connectivity index (χ2v) is 5.31. The first-order valence-corrected chi connectivity index (χ1v) is 7.81. The van der Waals surface area contributed by atoms with Crippen LogP contribution in [-0.4, -0.2) is 18.4 Å². The van der Waals surface area contributed by atoms with Crippen molar-refractivity contribution in [1.82, 2.24) is 0 Å². The van der Waals surface area contributed by atoms with E-state index in [1.165, 1.54) is 0 Å². The number of benzene rings is 3. The number of carbonyl (C=O) groups is 2. The predicted octanol–water partition coefficient (Wildman–Crippen LogP) is 4.17. The highest BCUT2D eigenvalue weighted by atomic mass is 16.5. The van der Waals surface area contributed by atoms with Crippen LogP contribution in [0.1, 0.15) is 20.7 Å². The maximum Gasteiger partial charge on any atom is 0.343 e. The Balaban J connectivity index is 1.62. The second kappa shape index (κ2) is 7.93. The SMILES string of the molecule is O=C(COc1cccc(OC(=O)c2ccccc2)c1)c1ccccc1. The summed E-state index contributed by atoms with van der Waals surface area (Å²) in [5, 5.41) is 0. The van der Waals surface area contributed by atoms with Gasteiger partial charge in [0.25, 0.3) is 0 Å². The summed E-state index contributed by atoms with van der Waals surface area (Å²) in [5.41, 5.74) is 1.06. The minimum Gasteiger partial charge on any atom is -0.485 e. The molecule has 0 aliphatic carbocycles. The Morgan fingerprint density at radius 3 is 1.96 bits per heavy atom. The van der Waals surface area contributed by atoms with Crippen LogP contribution >= 0.6 is 0 Å². The molecule has 0 N–H and O–H groups in total. The summed E-state index contributed by atoms with van der Waals surface area (Å²) in [5.74, 6) is 0.256. The van der Waals surface area contributed by atoms with Crippen molar-refractivity contribution in [2.45, 2.75) is 0 Å².